The maximum Gasteiger partial charge on any atom is 0.172 e. The minimum Gasteiger partial charge on any atom is -0.409 e. The number of amidine groups is 1. The number of oxime groups is 1. The van der Waals surface area contributed by atoms with Gasteiger partial charge in [0.05, 0.1) is 0 Å². The number of rotatable bonds is 3. The van der Waals surface area contributed by atoms with Crippen LogP contribution in [0, 0.1) is 6.92 Å². The Morgan fingerprint density at radius 2 is 2.18 bits per heavy atom. The van der Waals surface area contributed by atoms with Gasteiger partial charge < -0.3 is 15.8 Å². The van der Waals surface area contributed by atoms with Crippen molar-refractivity contribution in [1.82, 2.24) is 0 Å². The molecule has 92 valence electrons. The van der Waals surface area contributed by atoms with Crippen LogP contribution in [0.3, 0.4) is 0 Å². The van der Waals surface area contributed by atoms with E-state index in [0.29, 0.717) is 6.04 Å². The largest absolute Gasteiger partial charge is 0.409 e. The van der Waals surface area contributed by atoms with E-state index in [0.717, 1.165) is 16.8 Å². The number of hydrogen-bond donors (Lipinski definition) is 2. The van der Waals surface area contributed by atoms with Gasteiger partial charge in [0.15, 0.2) is 5.84 Å². The Morgan fingerprint density at radius 3 is 2.71 bits per heavy atom. The van der Waals surface area contributed by atoms with E-state index < -0.39 is 0 Å². The monoisotopic (exact) mass is 233 g/mol. The van der Waals surface area contributed by atoms with E-state index in [1.807, 2.05) is 19.1 Å². The van der Waals surface area contributed by atoms with Crippen molar-refractivity contribution in [2.75, 3.05) is 11.9 Å². The first-order valence-corrected chi connectivity index (χ1v) is 5.95. The minimum absolute atomic E-state index is 0.176. The summed E-state index contributed by atoms with van der Waals surface area (Å²) < 4.78 is 0. The van der Waals surface area contributed by atoms with Gasteiger partial charge in [-0.2, -0.15) is 0 Å². The average Bonchev–Trinajstić information content (AvgIpc) is 2.25. The van der Waals surface area contributed by atoms with Crippen molar-refractivity contribution in [2.45, 2.75) is 32.2 Å². The molecule has 0 aliphatic heterocycles. The lowest BCUT2D eigenvalue weighted by atomic mass is 9.91. The molecule has 4 nitrogen and oxygen atoms in total. The van der Waals surface area contributed by atoms with Crippen molar-refractivity contribution in [3.8, 4) is 0 Å². The lowest BCUT2D eigenvalue weighted by Crippen LogP contribution is -2.38. The van der Waals surface area contributed by atoms with E-state index in [1.54, 1.807) is 0 Å². The number of nitrogens with two attached hydrogens (primary N) is 1. The normalized spacial score (nSPS) is 16.7. The predicted molar refractivity (Wildman–Crippen MR) is 69.7 cm³/mol. The third-order valence-corrected chi connectivity index (χ3v) is 3.54. The smallest absolute Gasteiger partial charge is 0.172 e. The summed E-state index contributed by atoms with van der Waals surface area (Å²) >= 11 is 0. The van der Waals surface area contributed by atoms with Crippen LogP contribution in [0.1, 0.15) is 30.4 Å². The Hall–Kier alpha value is -1.71. The zero-order valence-corrected chi connectivity index (χ0v) is 10.3. The van der Waals surface area contributed by atoms with Crippen molar-refractivity contribution in [3.63, 3.8) is 0 Å². The summed E-state index contributed by atoms with van der Waals surface area (Å²) in [6, 6.07) is 6.64. The van der Waals surface area contributed by atoms with Gasteiger partial charge in [0.25, 0.3) is 0 Å². The van der Waals surface area contributed by atoms with E-state index in [1.165, 1.54) is 19.3 Å². The summed E-state index contributed by atoms with van der Waals surface area (Å²) in [5.74, 6) is 0.176. The third kappa shape index (κ3) is 2.20. The molecular formula is C13H19N3O. The first kappa shape index (κ1) is 11.8. The van der Waals surface area contributed by atoms with Crippen LogP contribution in [-0.2, 0) is 0 Å². The fourth-order valence-electron chi connectivity index (χ4n) is 2.19. The topological polar surface area (TPSA) is 61.8 Å². The number of nitrogens with zero attached hydrogens (tertiary/aromatic N) is 2. The first-order chi connectivity index (χ1) is 8.13. The fraction of sp³-hybridized carbons (Fsp3) is 0.462. The molecule has 1 fully saturated rings. The summed E-state index contributed by atoms with van der Waals surface area (Å²) in [4.78, 5) is 2.23. The Bertz CT molecular complexity index is 438. The van der Waals surface area contributed by atoms with Crippen LogP contribution in [0.2, 0.25) is 0 Å². The molecule has 0 amide bonds. The van der Waals surface area contributed by atoms with Crippen molar-refractivity contribution in [3.05, 3.63) is 29.3 Å². The maximum absolute atomic E-state index is 8.84. The van der Waals surface area contributed by atoms with Crippen LogP contribution in [-0.4, -0.2) is 24.1 Å². The molecule has 1 aliphatic carbocycles. The second-order valence-corrected chi connectivity index (χ2v) is 4.70. The van der Waals surface area contributed by atoms with Crippen LogP contribution in [0.15, 0.2) is 23.4 Å². The lowest BCUT2D eigenvalue weighted by molar-refractivity contribution is 0.318. The second-order valence-electron chi connectivity index (χ2n) is 4.70. The van der Waals surface area contributed by atoms with E-state index in [9.17, 15) is 0 Å². The van der Waals surface area contributed by atoms with Crippen LogP contribution < -0.4 is 10.6 Å². The summed E-state index contributed by atoms with van der Waals surface area (Å²) in [6.07, 6.45) is 3.74. The molecule has 0 spiro atoms. The van der Waals surface area contributed by atoms with E-state index in [2.05, 4.69) is 23.2 Å². The average molecular weight is 233 g/mol. The maximum atomic E-state index is 8.84. The number of aryl methyl sites for hydroxylation is 1. The Labute approximate surface area is 102 Å². The highest BCUT2D eigenvalue weighted by atomic mass is 16.4. The van der Waals surface area contributed by atoms with Crippen molar-refractivity contribution >= 4 is 11.5 Å². The first-order valence-electron chi connectivity index (χ1n) is 5.95. The molecule has 2 rings (SSSR count). The highest BCUT2D eigenvalue weighted by Crippen LogP contribution is 2.30. The zero-order chi connectivity index (χ0) is 12.4. The van der Waals surface area contributed by atoms with Gasteiger partial charge in [-0.3, -0.25) is 0 Å². The Kier molecular flexibility index (Phi) is 3.22. The highest BCUT2D eigenvalue weighted by Gasteiger charge is 2.24. The molecular weight excluding hydrogens is 214 g/mol. The quantitative estimate of drug-likeness (QED) is 0.363. The number of hydrogen-bond acceptors (Lipinski definition) is 3. The molecule has 0 bridgehead atoms. The fourth-order valence-corrected chi connectivity index (χ4v) is 2.19. The summed E-state index contributed by atoms with van der Waals surface area (Å²) in [5.41, 5.74) is 8.69. The molecule has 0 radical (unpaired) electrons. The Balaban J connectivity index is 2.37. The van der Waals surface area contributed by atoms with Gasteiger partial charge in [-0.25, -0.2) is 0 Å². The van der Waals surface area contributed by atoms with Gasteiger partial charge in [-0.15, -0.1) is 0 Å². The predicted octanol–water partition coefficient (Wildman–Crippen LogP) is 2.08. The van der Waals surface area contributed by atoms with Gasteiger partial charge in [0, 0.05) is 24.3 Å². The second kappa shape index (κ2) is 4.65. The number of anilines is 1. The van der Waals surface area contributed by atoms with Gasteiger partial charge in [0.2, 0.25) is 0 Å². The van der Waals surface area contributed by atoms with Gasteiger partial charge in [-0.05, 0) is 38.3 Å². The molecule has 1 aromatic carbocycles. The van der Waals surface area contributed by atoms with Crippen LogP contribution in [0.25, 0.3) is 0 Å². The molecule has 0 saturated heterocycles. The van der Waals surface area contributed by atoms with Gasteiger partial charge >= 0.3 is 0 Å². The SMILES string of the molecule is Cc1ccc(N(C)C2CCC2)c(/C(N)=N/O)c1. The molecule has 4 heteroatoms. The van der Waals surface area contributed by atoms with Gasteiger partial charge in [0.1, 0.15) is 0 Å². The Morgan fingerprint density at radius 1 is 1.47 bits per heavy atom. The molecule has 17 heavy (non-hydrogen) atoms. The highest BCUT2D eigenvalue weighted by molar-refractivity contribution is 6.02. The summed E-state index contributed by atoms with van der Waals surface area (Å²) in [6.45, 7) is 2.00. The molecule has 0 heterocycles. The molecule has 0 aromatic heterocycles. The van der Waals surface area contributed by atoms with Crippen molar-refractivity contribution < 1.29 is 5.21 Å². The van der Waals surface area contributed by atoms with Crippen LogP contribution in [0.5, 0.6) is 0 Å². The molecule has 1 saturated carbocycles. The van der Waals surface area contributed by atoms with E-state index >= 15 is 0 Å². The van der Waals surface area contributed by atoms with Crippen LogP contribution in [0.4, 0.5) is 5.69 Å². The van der Waals surface area contributed by atoms with Crippen molar-refractivity contribution in [2.24, 2.45) is 10.9 Å². The van der Waals surface area contributed by atoms with Crippen molar-refractivity contribution in [1.29, 1.82) is 0 Å². The summed E-state index contributed by atoms with van der Waals surface area (Å²) in [5, 5.41) is 12.0. The number of benzene rings is 1. The molecule has 0 atom stereocenters. The summed E-state index contributed by atoms with van der Waals surface area (Å²) in [7, 11) is 2.07. The van der Waals surface area contributed by atoms with Crippen LogP contribution >= 0.6 is 0 Å². The minimum atomic E-state index is 0.176. The molecule has 1 aliphatic rings. The molecule has 3 N–H and O–H groups in total. The van der Waals surface area contributed by atoms with E-state index in [-0.39, 0.29) is 5.84 Å². The molecule has 0 unspecified atom stereocenters. The third-order valence-electron chi connectivity index (χ3n) is 3.54. The van der Waals surface area contributed by atoms with E-state index in [4.69, 9.17) is 10.9 Å². The standard InChI is InChI=1S/C13H19N3O/c1-9-6-7-12(11(8-9)13(14)15-17)16(2)10-4-3-5-10/h6-8,10,17H,3-5H2,1-2H3,(H2,14,15). The lowest BCUT2D eigenvalue weighted by Gasteiger charge is -2.37. The van der Waals surface area contributed by atoms with Gasteiger partial charge in [-0.1, -0.05) is 16.8 Å². The zero-order valence-electron chi connectivity index (χ0n) is 10.3. The molecule has 1 aromatic rings.